The van der Waals surface area contributed by atoms with Crippen LogP contribution < -0.4 is 5.32 Å². The van der Waals surface area contributed by atoms with Gasteiger partial charge in [-0.05, 0) is 48.7 Å². The summed E-state index contributed by atoms with van der Waals surface area (Å²) in [6.45, 7) is 0. The summed E-state index contributed by atoms with van der Waals surface area (Å²) < 4.78 is 0. The third kappa shape index (κ3) is 2.24. The van der Waals surface area contributed by atoms with Crippen LogP contribution in [0.5, 0.6) is 5.75 Å². The second-order valence-corrected chi connectivity index (χ2v) is 5.21. The first kappa shape index (κ1) is 12.2. The minimum Gasteiger partial charge on any atom is -0.508 e. The molecule has 1 aliphatic carbocycles. The number of aromatic hydroxyl groups is 1. The Morgan fingerprint density at radius 2 is 1.89 bits per heavy atom. The highest BCUT2D eigenvalue weighted by atomic mass is 16.3. The van der Waals surface area contributed by atoms with E-state index in [4.69, 9.17) is 0 Å². The van der Waals surface area contributed by atoms with Crippen LogP contribution in [-0.2, 0) is 6.42 Å². The standard InChI is InChI=1S/C17H19NO/c1-18-16-10-8-12-7-9-14(19)11-15(12)17(16)13-5-3-2-4-6-13/h2-7,9,11,16-19H,8,10H2,1H3/t16-,17+/m1/s1. The van der Waals surface area contributed by atoms with E-state index in [1.54, 1.807) is 6.07 Å². The molecule has 0 spiro atoms. The Balaban J connectivity index is 2.12. The van der Waals surface area contributed by atoms with Gasteiger partial charge in [0.05, 0.1) is 0 Å². The van der Waals surface area contributed by atoms with E-state index in [0.717, 1.165) is 12.8 Å². The lowest BCUT2D eigenvalue weighted by Gasteiger charge is -2.34. The largest absolute Gasteiger partial charge is 0.508 e. The van der Waals surface area contributed by atoms with Gasteiger partial charge in [0.1, 0.15) is 5.75 Å². The molecule has 0 aromatic heterocycles. The number of likely N-dealkylation sites (N-methyl/N-ethyl adjacent to an activating group) is 1. The normalized spacial score (nSPS) is 21.9. The molecule has 0 unspecified atom stereocenters. The van der Waals surface area contributed by atoms with Crippen molar-refractivity contribution in [2.24, 2.45) is 0 Å². The monoisotopic (exact) mass is 253 g/mol. The SMILES string of the molecule is CN[C@@H]1CCc2ccc(O)cc2[C@@H]1c1ccccc1. The first-order valence-electron chi connectivity index (χ1n) is 6.83. The molecule has 0 saturated carbocycles. The van der Waals surface area contributed by atoms with Crippen LogP contribution in [-0.4, -0.2) is 18.2 Å². The molecule has 98 valence electrons. The molecular weight excluding hydrogens is 234 g/mol. The van der Waals surface area contributed by atoms with Crippen molar-refractivity contribution in [3.63, 3.8) is 0 Å². The molecule has 0 bridgehead atoms. The molecule has 2 N–H and O–H groups in total. The molecule has 0 radical (unpaired) electrons. The van der Waals surface area contributed by atoms with Crippen molar-refractivity contribution >= 4 is 0 Å². The lowest BCUT2D eigenvalue weighted by atomic mass is 9.75. The van der Waals surface area contributed by atoms with Gasteiger partial charge >= 0.3 is 0 Å². The van der Waals surface area contributed by atoms with Gasteiger partial charge in [0, 0.05) is 12.0 Å². The van der Waals surface area contributed by atoms with Gasteiger partial charge in [-0.1, -0.05) is 36.4 Å². The van der Waals surface area contributed by atoms with Gasteiger partial charge < -0.3 is 10.4 Å². The Kier molecular flexibility index (Phi) is 3.26. The topological polar surface area (TPSA) is 32.3 Å². The highest BCUT2D eigenvalue weighted by Gasteiger charge is 2.29. The Bertz CT molecular complexity index is 565. The summed E-state index contributed by atoms with van der Waals surface area (Å²) in [7, 11) is 2.02. The molecule has 2 heteroatoms. The quantitative estimate of drug-likeness (QED) is 0.862. The van der Waals surface area contributed by atoms with E-state index in [-0.39, 0.29) is 0 Å². The highest BCUT2D eigenvalue weighted by molar-refractivity contribution is 5.45. The maximum atomic E-state index is 9.79. The fourth-order valence-corrected chi connectivity index (χ4v) is 3.18. The number of phenolic OH excluding ortho intramolecular Hbond substituents is 1. The summed E-state index contributed by atoms with van der Waals surface area (Å²) in [4.78, 5) is 0. The van der Waals surface area contributed by atoms with Gasteiger partial charge in [-0.15, -0.1) is 0 Å². The average Bonchev–Trinajstić information content (AvgIpc) is 2.46. The Morgan fingerprint density at radius 3 is 2.63 bits per heavy atom. The van der Waals surface area contributed by atoms with Crippen molar-refractivity contribution in [1.82, 2.24) is 5.32 Å². The number of fused-ring (bicyclic) bond motifs is 1. The van der Waals surface area contributed by atoms with Crippen LogP contribution in [0.25, 0.3) is 0 Å². The predicted molar refractivity (Wildman–Crippen MR) is 77.6 cm³/mol. The van der Waals surface area contributed by atoms with Crippen molar-refractivity contribution in [1.29, 1.82) is 0 Å². The molecule has 2 atom stereocenters. The first-order valence-corrected chi connectivity index (χ1v) is 6.83. The van der Waals surface area contributed by atoms with E-state index in [0.29, 0.717) is 17.7 Å². The Morgan fingerprint density at radius 1 is 1.11 bits per heavy atom. The van der Waals surface area contributed by atoms with Crippen LogP contribution in [0.4, 0.5) is 0 Å². The zero-order valence-electron chi connectivity index (χ0n) is 11.1. The second kappa shape index (κ2) is 5.06. The van der Waals surface area contributed by atoms with Gasteiger partial charge in [-0.2, -0.15) is 0 Å². The van der Waals surface area contributed by atoms with Gasteiger partial charge in [0.25, 0.3) is 0 Å². The van der Waals surface area contributed by atoms with Gasteiger partial charge in [0.2, 0.25) is 0 Å². The van der Waals surface area contributed by atoms with Gasteiger partial charge in [-0.3, -0.25) is 0 Å². The Labute approximate surface area is 114 Å². The molecule has 2 nitrogen and oxygen atoms in total. The van der Waals surface area contributed by atoms with Crippen LogP contribution in [0.1, 0.15) is 29.0 Å². The van der Waals surface area contributed by atoms with Crippen molar-refractivity contribution in [2.75, 3.05) is 7.05 Å². The van der Waals surface area contributed by atoms with E-state index in [1.807, 2.05) is 19.2 Å². The summed E-state index contributed by atoms with van der Waals surface area (Å²) in [5, 5.41) is 13.2. The molecule has 1 aliphatic rings. The first-order chi connectivity index (χ1) is 9.29. The molecular formula is C17H19NO. The minimum atomic E-state index is 0.321. The van der Waals surface area contributed by atoms with E-state index in [1.165, 1.54) is 16.7 Å². The highest BCUT2D eigenvalue weighted by Crippen LogP contribution is 2.38. The zero-order chi connectivity index (χ0) is 13.2. The van der Waals surface area contributed by atoms with Crippen LogP contribution in [0.2, 0.25) is 0 Å². The van der Waals surface area contributed by atoms with E-state index < -0.39 is 0 Å². The van der Waals surface area contributed by atoms with Crippen LogP contribution in [0, 0.1) is 0 Å². The van der Waals surface area contributed by atoms with Crippen molar-refractivity contribution in [3.05, 3.63) is 65.2 Å². The summed E-state index contributed by atoms with van der Waals surface area (Å²) >= 11 is 0. The minimum absolute atomic E-state index is 0.321. The number of hydrogen-bond acceptors (Lipinski definition) is 2. The summed E-state index contributed by atoms with van der Waals surface area (Å²) in [6, 6.07) is 16.8. The molecule has 0 heterocycles. The number of benzene rings is 2. The van der Waals surface area contributed by atoms with Crippen molar-refractivity contribution in [2.45, 2.75) is 24.8 Å². The zero-order valence-corrected chi connectivity index (χ0v) is 11.1. The van der Waals surface area contributed by atoms with Gasteiger partial charge in [-0.25, -0.2) is 0 Å². The van der Waals surface area contributed by atoms with Crippen LogP contribution in [0.15, 0.2) is 48.5 Å². The van der Waals surface area contributed by atoms with E-state index in [9.17, 15) is 5.11 Å². The number of phenols is 1. The maximum absolute atomic E-state index is 9.79. The molecule has 0 amide bonds. The maximum Gasteiger partial charge on any atom is 0.115 e. The molecule has 0 fully saturated rings. The number of nitrogens with one attached hydrogen (secondary N) is 1. The van der Waals surface area contributed by atoms with E-state index >= 15 is 0 Å². The van der Waals surface area contributed by atoms with Gasteiger partial charge in [0.15, 0.2) is 0 Å². The number of rotatable bonds is 2. The summed E-state index contributed by atoms with van der Waals surface area (Å²) in [6.07, 6.45) is 2.21. The Hall–Kier alpha value is -1.80. The molecule has 2 aromatic rings. The van der Waals surface area contributed by atoms with Crippen molar-refractivity contribution < 1.29 is 5.11 Å². The molecule has 0 saturated heterocycles. The summed E-state index contributed by atoms with van der Waals surface area (Å²) in [5.74, 6) is 0.679. The second-order valence-electron chi connectivity index (χ2n) is 5.21. The smallest absolute Gasteiger partial charge is 0.115 e. The molecule has 2 aromatic carbocycles. The summed E-state index contributed by atoms with van der Waals surface area (Å²) in [5.41, 5.74) is 3.93. The number of aryl methyl sites for hydroxylation is 1. The number of hydrogen-bond donors (Lipinski definition) is 2. The fourth-order valence-electron chi connectivity index (χ4n) is 3.18. The fraction of sp³-hybridized carbons (Fsp3) is 0.294. The molecule has 3 rings (SSSR count). The molecule has 0 aliphatic heterocycles. The average molecular weight is 253 g/mol. The van der Waals surface area contributed by atoms with E-state index in [2.05, 4.69) is 35.6 Å². The van der Waals surface area contributed by atoms with Crippen molar-refractivity contribution in [3.8, 4) is 5.75 Å². The molecule has 19 heavy (non-hydrogen) atoms. The predicted octanol–water partition coefficient (Wildman–Crippen LogP) is 3.06. The lowest BCUT2D eigenvalue weighted by Crippen LogP contribution is -2.36. The van der Waals surface area contributed by atoms with Crippen LogP contribution >= 0.6 is 0 Å². The third-order valence-corrected chi connectivity index (χ3v) is 4.12. The third-order valence-electron chi connectivity index (χ3n) is 4.12. The lowest BCUT2D eigenvalue weighted by molar-refractivity contribution is 0.441. The van der Waals surface area contributed by atoms with Crippen LogP contribution in [0.3, 0.4) is 0 Å².